The maximum atomic E-state index is 13.0. The molecular weight excluding hydrogens is 497 g/mol. The first-order valence-electron chi connectivity index (χ1n) is 11.6. The molecule has 0 aliphatic rings. The molecule has 0 saturated carbocycles. The van der Waals surface area contributed by atoms with E-state index in [1.54, 1.807) is 42.5 Å². The zero-order valence-corrected chi connectivity index (χ0v) is 21.2. The molecule has 3 aromatic carbocycles. The molecule has 184 valence electrons. The summed E-state index contributed by atoms with van der Waals surface area (Å²) in [4.78, 5) is 33.6. The average Bonchev–Trinajstić information content (AvgIpc) is 2.86. The van der Waals surface area contributed by atoms with Gasteiger partial charge in [-0.2, -0.15) is 0 Å². The van der Waals surface area contributed by atoms with Crippen molar-refractivity contribution in [3.63, 3.8) is 0 Å². The normalized spacial score (nSPS) is 11.9. The topological polar surface area (TPSA) is 92.2 Å². The zero-order valence-electron chi connectivity index (χ0n) is 19.7. The molecule has 0 saturated heterocycles. The maximum Gasteiger partial charge on any atom is 0.303 e. The van der Waals surface area contributed by atoms with Crippen molar-refractivity contribution >= 4 is 46.1 Å². The van der Waals surface area contributed by atoms with Crippen LogP contribution < -0.4 is 5.32 Å². The van der Waals surface area contributed by atoms with Crippen LogP contribution >= 0.6 is 23.2 Å². The van der Waals surface area contributed by atoms with Crippen LogP contribution in [0, 0.1) is 0 Å². The number of fused-ring (bicyclic) bond motifs is 1. The number of carboxylic acids is 1. The van der Waals surface area contributed by atoms with E-state index in [9.17, 15) is 9.59 Å². The fraction of sp³-hybridized carbons (Fsp3) is 0.214. The molecule has 0 fully saturated rings. The van der Waals surface area contributed by atoms with Gasteiger partial charge < -0.3 is 10.4 Å². The minimum Gasteiger partial charge on any atom is -0.481 e. The number of nitrogens with zero attached hydrogens (tertiary/aromatic N) is 2. The third-order valence-corrected chi connectivity index (χ3v) is 6.39. The van der Waals surface area contributed by atoms with Crippen molar-refractivity contribution < 1.29 is 14.7 Å². The van der Waals surface area contributed by atoms with Gasteiger partial charge in [-0.1, -0.05) is 47.5 Å². The molecule has 0 radical (unpaired) electrons. The van der Waals surface area contributed by atoms with Gasteiger partial charge in [-0.3, -0.25) is 9.59 Å². The Kier molecular flexibility index (Phi) is 8.18. The second kappa shape index (κ2) is 11.5. The summed E-state index contributed by atoms with van der Waals surface area (Å²) in [5.41, 5.74) is 5.05. The van der Waals surface area contributed by atoms with Crippen molar-refractivity contribution in [2.75, 3.05) is 0 Å². The van der Waals surface area contributed by atoms with Gasteiger partial charge in [-0.05, 0) is 74.2 Å². The molecule has 1 aromatic heterocycles. The molecule has 0 aliphatic heterocycles. The van der Waals surface area contributed by atoms with Gasteiger partial charge in [0.25, 0.3) is 5.91 Å². The number of benzene rings is 3. The lowest BCUT2D eigenvalue weighted by molar-refractivity contribution is -0.137. The molecule has 4 aromatic rings. The Morgan fingerprint density at radius 2 is 1.56 bits per heavy atom. The van der Waals surface area contributed by atoms with Gasteiger partial charge in [0.05, 0.1) is 28.5 Å². The van der Waals surface area contributed by atoms with Gasteiger partial charge in [-0.25, -0.2) is 9.97 Å². The summed E-state index contributed by atoms with van der Waals surface area (Å²) in [6.07, 6.45) is 1.87. The molecule has 0 unspecified atom stereocenters. The third kappa shape index (κ3) is 6.39. The fourth-order valence-corrected chi connectivity index (χ4v) is 4.18. The first kappa shape index (κ1) is 25.6. The molecule has 2 N–H and O–H groups in total. The Hall–Kier alpha value is -3.48. The number of nitrogens with one attached hydrogen (secondary N) is 1. The average molecular weight is 522 g/mol. The monoisotopic (exact) mass is 521 g/mol. The number of hydrogen-bond acceptors (Lipinski definition) is 4. The van der Waals surface area contributed by atoms with Crippen LogP contribution in [0.15, 0.2) is 66.7 Å². The van der Waals surface area contributed by atoms with E-state index in [0.29, 0.717) is 45.9 Å². The maximum absolute atomic E-state index is 13.0. The molecule has 1 amide bonds. The molecule has 36 heavy (non-hydrogen) atoms. The van der Waals surface area contributed by atoms with Gasteiger partial charge in [-0.15, -0.1) is 0 Å². The Morgan fingerprint density at radius 1 is 0.889 bits per heavy atom. The molecule has 0 spiro atoms. The highest BCUT2D eigenvalue weighted by atomic mass is 35.5. The van der Waals surface area contributed by atoms with Crippen molar-refractivity contribution in [3.8, 4) is 11.3 Å². The predicted molar refractivity (Wildman–Crippen MR) is 143 cm³/mol. The smallest absolute Gasteiger partial charge is 0.303 e. The number of halogens is 2. The summed E-state index contributed by atoms with van der Waals surface area (Å²) in [5, 5.41) is 13.2. The number of carbonyl (C=O) groups excluding carboxylic acids is 1. The third-order valence-electron chi connectivity index (χ3n) is 5.89. The van der Waals surface area contributed by atoms with Crippen LogP contribution in [0.5, 0.6) is 0 Å². The summed E-state index contributed by atoms with van der Waals surface area (Å²) in [6.45, 7) is 1.91. The molecule has 1 heterocycles. The number of aliphatic carboxylic acids is 1. The SMILES string of the molecule is C[C@H](NC(=O)c1ccc2nc(-c3ccc(Cl)cc3)c(CCCCC(=O)O)nc2c1)c1ccc(Cl)cc1. The highest BCUT2D eigenvalue weighted by molar-refractivity contribution is 6.30. The number of unbranched alkanes of at least 4 members (excludes halogenated alkanes) is 1. The van der Waals surface area contributed by atoms with Crippen LogP contribution in [0.3, 0.4) is 0 Å². The standard InChI is InChI=1S/C28H25Cl2N3O3/c1-17(18-6-11-21(29)12-7-18)31-28(36)20-10-15-23-25(16-20)32-24(4-2-3-5-26(34)35)27(33-23)19-8-13-22(30)14-9-19/h6-17H,2-5H2,1H3,(H,31,36)(H,34,35)/t17-/m0/s1. The molecule has 6 nitrogen and oxygen atoms in total. The zero-order chi connectivity index (χ0) is 25.7. The van der Waals surface area contributed by atoms with Gasteiger partial charge in [0.15, 0.2) is 0 Å². The molecule has 1 atom stereocenters. The lowest BCUT2D eigenvalue weighted by atomic mass is 10.0. The quantitative estimate of drug-likeness (QED) is 0.234. The Morgan fingerprint density at radius 3 is 2.22 bits per heavy atom. The predicted octanol–water partition coefficient (Wildman–Crippen LogP) is 6.89. The van der Waals surface area contributed by atoms with Crippen molar-refractivity contribution in [2.24, 2.45) is 0 Å². The van der Waals surface area contributed by atoms with Crippen LogP contribution in [0.4, 0.5) is 0 Å². The van der Waals surface area contributed by atoms with E-state index in [2.05, 4.69) is 5.32 Å². The summed E-state index contributed by atoms with van der Waals surface area (Å²) in [7, 11) is 0. The summed E-state index contributed by atoms with van der Waals surface area (Å²) < 4.78 is 0. The second-order valence-corrected chi connectivity index (χ2v) is 9.45. The van der Waals surface area contributed by atoms with Crippen molar-refractivity contribution in [2.45, 2.75) is 38.6 Å². The fourth-order valence-electron chi connectivity index (χ4n) is 3.93. The van der Waals surface area contributed by atoms with Crippen molar-refractivity contribution in [1.29, 1.82) is 0 Å². The van der Waals surface area contributed by atoms with E-state index in [1.807, 2.05) is 31.2 Å². The highest BCUT2D eigenvalue weighted by Gasteiger charge is 2.15. The van der Waals surface area contributed by atoms with Gasteiger partial charge >= 0.3 is 5.97 Å². The van der Waals surface area contributed by atoms with Gasteiger partial charge in [0, 0.05) is 27.6 Å². The summed E-state index contributed by atoms with van der Waals surface area (Å²) in [6, 6.07) is 19.8. The van der Waals surface area contributed by atoms with E-state index >= 15 is 0 Å². The molecule has 8 heteroatoms. The minimum absolute atomic E-state index is 0.105. The Balaban J connectivity index is 1.62. The molecule has 0 aliphatic carbocycles. The van der Waals surface area contributed by atoms with Crippen LogP contribution in [0.25, 0.3) is 22.3 Å². The number of amides is 1. The lowest BCUT2D eigenvalue weighted by Gasteiger charge is -2.15. The Labute approximate surface area is 219 Å². The summed E-state index contributed by atoms with van der Waals surface area (Å²) >= 11 is 12.0. The molecular formula is C28H25Cl2N3O3. The number of aryl methyl sites for hydroxylation is 1. The molecule has 4 rings (SSSR count). The van der Waals surface area contributed by atoms with Crippen LogP contribution in [-0.2, 0) is 11.2 Å². The largest absolute Gasteiger partial charge is 0.481 e. The minimum atomic E-state index is -0.819. The van der Waals surface area contributed by atoms with Crippen LogP contribution in [-0.4, -0.2) is 27.0 Å². The number of carbonyl (C=O) groups is 2. The first-order valence-corrected chi connectivity index (χ1v) is 12.4. The van der Waals surface area contributed by atoms with Gasteiger partial charge in [0.1, 0.15) is 0 Å². The van der Waals surface area contributed by atoms with E-state index in [1.165, 1.54) is 0 Å². The number of aromatic nitrogens is 2. The van der Waals surface area contributed by atoms with Gasteiger partial charge in [0.2, 0.25) is 0 Å². The summed E-state index contributed by atoms with van der Waals surface area (Å²) in [5.74, 6) is -1.04. The first-order chi connectivity index (χ1) is 17.3. The number of hydrogen-bond donors (Lipinski definition) is 2. The van der Waals surface area contributed by atoms with E-state index in [-0.39, 0.29) is 18.4 Å². The molecule has 0 bridgehead atoms. The number of carboxylic acid groups (broad SMARTS) is 1. The highest BCUT2D eigenvalue weighted by Crippen LogP contribution is 2.27. The van der Waals surface area contributed by atoms with Crippen molar-refractivity contribution in [1.82, 2.24) is 15.3 Å². The Bertz CT molecular complexity index is 1390. The van der Waals surface area contributed by atoms with Crippen LogP contribution in [0.1, 0.15) is 53.8 Å². The van der Waals surface area contributed by atoms with E-state index < -0.39 is 5.97 Å². The number of rotatable bonds is 9. The van der Waals surface area contributed by atoms with Crippen LogP contribution in [0.2, 0.25) is 10.0 Å². The lowest BCUT2D eigenvalue weighted by Crippen LogP contribution is -2.26. The second-order valence-electron chi connectivity index (χ2n) is 8.58. The van der Waals surface area contributed by atoms with E-state index in [0.717, 1.165) is 22.5 Å². The van der Waals surface area contributed by atoms with Crippen molar-refractivity contribution in [3.05, 3.63) is 93.6 Å². The van der Waals surface area contributed by atoms with E-state index in [4.69, 9.17) is 38.3 Å².